The third-order valence-corrected chi connectivity index (χ3v) is 8.65. The number of nitrogens with zero attached hydrogens (tertiary/aromatic N) is 2. The van der Waals surface area contributed by atoms with Gasteiger partial charge in [0.2, 0.25) is 0 Å². The molecule has 7 aromatic rings. The van der Waals surface area contributed by atoms with Crippen molar-refractivity contribution in [3.63, 3.8) is 0 Å². The second-order valence-electron chi connectivity index (χ2n) is 11.8. The molecule has 0 N–H and O–H groups in total. The average Bonchev–Trinajstić information content (AvgIpc) is 3.94. The van der Waals surface area contributed by atoms with Gasteiger partial charge in [0.05, 0.1) is 28.3 Å². The first-order valence-electron chi connectivity index (χ1n) is 16.0. The number of rotatable bonds is 4. The Bertz CT molecular complexity index is 2530. The van der Waals surface area contributed by atoms with Crippen LogP contribution < -0.4 is 0 Å². The lowest BCUT2D eigenvalue weighted by Crippen LogP contribution is -1.92. The van der Waals surface area contributed by atoms with E-state index in [-0.39, 0.29) is 0 Å². The van der Waals surface area contributed by atoms with Crippen molar-refractivity contribution in [2.75, 3.05) is 0 Å². The van der Waals surface area contributed by atoms with E-state index in [1.807, 2.05) is 66.7 Å². The van der Waals surface area contributed by atoms with E-state index < -0.39 is 0 Å². The summed E-state index contributed by atoms with van der Waals surface area (Å²) in [5.74, 6) is 0. The van der Waals surface area contributed by atoms with Gasteiger partial charge in [0, 0.05) is 34.9 Å². The molecule has 2 aliphatic heterocycles. The van der Waals surface area contributed by atoms with Crippen LogP contribution in [0.5, 0.6) is 0 Å². The highest BCUT2D eigenvalue weighted by atomic mass is 16.3. The molecule has 0 saturated carbocycles. The Labute approximate surface area is 277 Å². The van der Waals surface area contributed by atoms with E-state index in [0.29, 0.717) is 5.58 Å². The van der Waals surface area contributed by atoms with E-state index in [1.54, 1.807) is 0 Å². The topological polar surface area (TPSA) is 52.1 Å². The van der Waals surface area contributed by atoms with Gasteiger partial charge in [-0.3, -0.25) is 0 Å². The Kier molecular flexibility index (Phi) is 6.76. The van der Waals surface area contributed by atoms with Crippen molar-refractivity contribution >= 4 is 46.1 Å². The van der Waals surface area contributed by atoms with Gasteiger partial charge >= 0.3 is 0 Å². The van der Waals surface area contributed by atoms with Gasteiger partial charge < -0.3 is 8.83 Å². The van der Waals surface area contributed by atoms with E-state index in [9.17, 15) is 0 Å². The van der Waals surface area contributed by atoms with E-state index in [2.05, 4.69) is 103 Å². The van der Waals surface area contributed by atoms with Gasteiger partial charge in [0.15, 0.2) is 0 Å². The van der Waals surface area contributed by atoms with Crippen molar-refractivity contribution in [2.24, 2.45) is 0 Å². The molecule has 48 heavy (non-hydrogen) atoms. The third kappa shape index (κ3) is 5.06. The maximum atomic E-state index is 7.16. The summed E-state index contributed by atoms with van der Waals surface area (Å²) in [4.78, 5) is 10.3. The fourth-order valence-electron chi connectivity index (χ4n) is 6.52. The van der Waals surface area contributed by atoms with Crippen LogP contribution in [0.15, 0.2) is 160 Å². The van der Waals surface area contributed by atoms with Crippen LogP contribution in [0.2, 0.25) is 0 Å². The zero-order valence-corrected chi connectivity index (χ0v) is 25.9. The number of furan rings is 2. The summed E-state index contributed by atoms with van der Waals surface area (Å²) >= 11 is 0. The SMILES string of the molecule is C1=Cc2cc3oc(c(-c4ccccc4)c4nc(cc5ccc(cc1n2)o5)C=C4c1ccccc1)c(-c1ccccc1)c3-c1ccccc1. The van der Waals surface area contributed by atoms with Crippen molar-refractivity contribution in [3.05, 3.63) is 180 Å². The lowest BCUT2D eigenvalue weighted by atomic mass is 9.91. The molecule has 3 aromatic heterocycles. The maximum absolute atomic E-state index is 7.16. The second kappa shape index (κ2) is 11.7. The first-order valence-corrected chi connectivity index (χ1v) is 16.0. The molecule has 0 amide bonds. The molecule has 0 unspecified atom stereocenters. The average molecular weight is 617 g/mol. The molecule has 0 radical (unpaired) electrons. The molecule has 5 heterocycles. The van der Waals surface area contributed by atoms with Gasteiger partial charge in [-0.2, -0.15) is 0 Å². The van der Waals surface area contributed by atoms with Crippen LogP contribution >= 0.6 is 0 Å². The molecule has 2 aliphatic rings. The number of fused-ring (bicyclic) bond motifs is 8. The fraction of sp³-hybridized carbons (Fsp3) is 0. The Morgan fingerprint density at radius 2 is 0.896 bits per heavy atom. The molecule has 8 bridgehead atoms. The van der Waals surface area contributed by atoms with Crippen LogP contribution in [0.3, 0.4) is 0 Å². The molecule has 4 heteroatoms. The Hall–Kier alpha value is -6.52. The first kappa shape index (κ1) is 27.8. The molecule has 0 aliphatic carbocycles. The Morgan fingerprint density at radius 3 is 1.50 bits per heavy atom. The highest BCUT2D eigenvalue weighted by Crippen LogP contribution is 2.47. The minimum atomic E-state index is 0.716. The summed E-state index contributed by atoms with van der Waals surface area (Å²) in [5, 5.41) is 0. The molecule has 0 saturated heterocycles. The standard InChI is InChI=1S/C44H28N2O2/c1-5-13-29(14-6-1)38-27-35-26-37-24-23-36(47-37)25-33-21-22-34(45-33)28-39-40(30-15-7-2-8-16-30)41(31-17-9-3-10-18-31)44(48-39)42(43(38)46-35)32-19-11-4-12-20-32/h1-28H. The fourth-order valence-corrected chi connectivity index (χ4v) is 6.52. The van der Waals surface area contributed by atoms with E-state index in [0.717, 1.165) is 84.0 Å². The quantitative estimate of drug-likeness (QED) is 0.197. The van der Waals surface area contributed by atoms with Crippen LogP contribution in [0, 0.1) is 0 Å². The minimum absolute atomic E-state index is 0.716. The summed E-state index contributed by atoms with van der Waals surface area (Å²) < 4.78 is 13.4. The predicted molar refractivity (Wildman–Crippen MR) is 195 cm³/mol. The van der Waals surface area contributed by atoms with Gasteiger partial charge in [-0.25, -0.2) is 9.97 Å². The number of hydrogen-bond donors (Lipinski definition) is 0. The van der Waals surface area contributed by atoms with E-state index in [1.165, 1.54) is 0 Å². The summed E-state index contributed by atoms with van der Waals surface area (Å²) in [6, 6.07) is 51.7. The summed E-state index contributed by atoms with van der Waals surface area (Å²) in [6.07, 6.45) is 6.15. The van der Waals surface area contributed by atoms with Gasteiger partial charge in [-0.15, -0.1) is 0 Å². The molecule has 4 nitrogen and oxygen atoms in total. The van der Waals surface area contributed by atoms with Gasteiger partial charge in [-0.05, 0) is 52.6 Å². The highest BCUT2D eigenvalue weighted by Gasteiger charge is 2.25. The normalized spacial score (nSPS) is 12.2. The van der Waals surface area contributed by atoms with Crippen LogP contribution in [-0.4, -0.2) is 9.97 Å². The molecular formula is C44H28N2O2. The monoisotopic (exact) mass is 616 g/mol. The Balaban J connectivity index is 1.54. The largest absolute Gasteiger partial charge is 0.457 e. The van der Waals surface area contributed by atoms with Gasteiger partial charge in [-0.1, -0.05) is 121 Å². The van der Waals surface area contributed by atoms with Gasteiger partial charge in [0.25, 0.3) is 0 Å². The highest BCUT2D eigenvalue weighted by molar-refractivity contribution is 6.09. The molecule has 4 aromatic carbocycles. The predicted octanol–water partition coefficient (Wildman–Crippen LogP) is 11.6. The minimum Gasteiger partial charge on any atom is -0.457 e. The summed E-state index contributed by atoms with van der Waals surface area (Å²) in [7, 11) is 0. The molecule has 0 spiro atoms. The van der Waals surface area contributed by atoms with Crippen LogP contribution in [0.4, 0.5) is 0 Å². The van der Waals surface area contributed by atoms with Crippen molar-refractivity contribution in [2.45, 2.75) is 0 Å². The van der Waals surface area contributed by atoms with Crippen molar-refractivity contribution < 1.29 is 8.83 Å². The molecule has 226 valence electrons. The number of benzene rings is 4. The van der Waals surface area contributed by atoms with Crippen LogP contribution in [-0.2, 0) is 0 Å². The van der Waals surface area contributed by atoms with E-state index in [4.69, 9.17) is 18.8 Å². The molecule has 0 atom stereocenters. The second-order valence-corrected chi connectivity index (χ2v) is 11.8. The Morgan fingerprint density at radius 1 is 0.396 bits per heavy atom. The molecule has 0 fully saturated rings. The third-order valence-electron chi connectivity index (χ3n) is 8.65. The smallest absolute Gasteiger partial charge is 0.146 e. The van der Waals surface area contributed by atoms with Gasteiger partial charge in [0.1, 0.15) is 22.3 Å². The summed E-state index contributed by atoms with van der Waals surface area (Å²) in [6.45, 7) is 0. The number of hydrogen-bond acceptors (Lipinski definition) is 4. The van der Waals surface area contributed by atoms with Crippen LogP contribution in [0.1, 0.15) is 28.3 Å². The molecule has 9 rings (SSSR count). The lowest BCUT2D eigenvalue weighted by molar-refractivity contribution is 0.665. The first-order chi connectivity index (χ1) is 23.8. The lowest BCUT2D eigenvalue weighted by Gasteiger charge is -2.11. The number of aromatic nitrogens is 2. The summed E-state index contributed by atoms with van der Waals surface area (Å²) in [5.41, 5.74) is 14.2. The van der Waals surface area contributed by atoms with Crippen molar-refractivity contribution in [3.8, 4) is 33.4 Å². The van der Waals surface area contributed by atoms with E-state index >= 15 is 0 Å². The van der Waals surface area contributed by atoms with Crippen molar-refractivity contribution in [1.29, 1.82) is 0 Å². The maximum Gasteiger partial charge on any atom is 0.146 e. The molecular weight excluding hydrogens is 588 g/mol. The zero-order chi connectivity index (χ0) is 31.9. The van der Waals surface area contributed by atoms with Crippen LogP contribution in [0.25, 0.3) is 79.5 Å². The van der Waals surface area contributed by atoms with Crippen molar-refractivity contribution in [1.82, 2.24) is 9.97 Å². The zero-order valence-electron chi connectivity index (χ0n) is 25.9.